The third-order valence-corrected chi connectivity index (χ3v) is 4.62. The summed E-state index contributed by atoms with van der Waals surface area (Å²) < 4.78 is 1.88. The van der Waals surface area contributed by atoms with Crippen LogP contribution in [0, 0.1) is 0 Å². The molecule has 0 N–H and O–H groups in total. The summed E-state index contributed by atoms with van der Waals surface area (Å²) in [5.41, 5.74) is 2.27. The first-order chi connectivity index (χ1) is 8.60. The molecule has 2 aromatic rings. The molecule has 1 aromatic carbocycles. The Balaban J connectivity index is 2.22. The lowest BCUT2D eigenvalue weighted by Crippen LogP contribution is -2.17. The molecule has 0 aliphatic rings. The molecule has 0 unspecified atom stereocenters. The lowest BCUT2D eigenvalue weighted by Gasteiger charge is -2.21. The average Bonchev–Trinajstić information content (AvgIpc) is 2.74. The molecule has 2 rings (SSSR count). The van der Waals surface area contributed by atoms with Gasteiger partial charge in [-0.1, -0.05) is 33.6 Å². The van der Waals surface area contributed by atoms with Crippen molar-refractivity contribution in [3.8, 4) is 0 Å². The third kappa shape index (κ3) is 3.41. The summed E-state index contributed by atoms with van der Waals surface area (Å²) in [4.78, 5) is 3.42. The van der Waals surface area contributed by atoms with Gasteiger partial charge in [0.25, 0.3) is 0 Å². The van der Waals surface area contributed by atoms with Crippen molar-refractivity contribution in [3.63, 3.8) is 0 Å². The Kier molecular flexibility index (Phi) is 4.96. The monoisotopic (exact) mass is 363 g/mol. The van der Waals surface area contributed by atoms with Gasteiger partial charge in [-0.2, -0.15) is 0 Å². The maximum absolute atomic E-state index is 5.98. The summed E-state index contributed by atoms with van der Waals surface area (Å²) >= 11 is 17.0. The molecule has 1 nitrogen and oxygen atoms in total. The number of benzene rings is 1. The van der Waals surface area contributed by atoms with E-state index in [0.717, 1.165) is 26.6 Å². The Morgan fingerprint density at radius 1 is 1.28 bits per heavy atom. The zero-order valence-corrected chi connectivity index (χ0v) is 13.7. The maximum Gasteiger partial charge on any atom is 0.0931 e. The predicted octanol–water partition coefficient (Wildman–Crippen LogP) is 5.54. The van der Waals surface area contributed by atoms with E-state index < -0.39 is 0 Å². The van der Waals surface area contributed by atoms with Gasteiger partial charge in [0, 0.05) is 28.0 Å². The van der Waals surface area contributed by atoms with Crippen LogP contribution in [0.2, 0.25) is 4.34 Å². The van der Waals surface area contributed by atoms with Gasteiger partial charge in [0.05, 0.1) is 10.9 Å². The number of anilines is 1. The molecule has 0 aliphatic heterocycles. The fraction of sp³-hybridized carbons (Fsp3) is 0.231. The number of thiophene rings is 1. The molecular formula is C13H12BrCl2NS. The van der Waals surface area contributed by atoms with Crippen LogP contribution in [0.25, 0.3) is 0 Å². The minimum atomic E-state index is 0.512. The van der Waals surface area contributed by atoms with E-state index in [-0.39, 0.29) is 0 Å². The van der Waals surface area contributed by atoms with Crippen molar-refractivity contribution in [2.75, 3.05) is 11.9 Å². The molecule has 0 bridgehead atoms. The summed E-state index contributed by atoms with van der Waals surface area (Å²) in [5.74, 6) is 0.512. The van der Waals surface area contributed by atoms with E-state index in [9.17, 15) is 0 Å². The van der Waals surface area contributed by atoms with Crippen molar-refractivity contribution in [2.24, 2.45) is 0 Å². The fourth-order valence-electron chi connectivity index (χ4n) is 1.76. The fourth-order valence-corrected chi connectivity index (χ4v) is 3.48. The third-order valence-electron chi connectivity index (χ3n) is 2.62. The van der Waals surface area contributed by atoms with Crippen LogP contribution in [-0.4, -0.2) is 7.05 Å². The first-order valence-corrected chi connectivity index (χ1v) is 7.92. The topological polar surface area (TPSA) is 3.24 Å². The van der Waals surface area contributed by atoms with Gasteiger partial charge < -0.3 is 4.90 Å². The molecule has 96 valence electrons. The minimum Gasteiger partial charge on any atom is -0.369 e. The lowest BCUT2D eigenvalue weighted by atomic mass is 10.2. The molecule has 1 aromatic heterocycles. The number of rotatable bonds is 4. The van der Waals surface area contributed by atoms with E-state index in [1.807, 2.05) is 18.2 Å². The Morgan fingerprint density at radius 2 is 2.06 bits per heavy atom. The van der Waals surface area contributed by atoms with Crippen LogP contribution in [0.1, 0.15) is 10.4 Å². The van der Waals surface area contributed by atoms with Crippen LogP contribution < -0.4 is 4.90 Å². The number of halogens is 3. The highest BCUT2D eigenvalue weighted by molar-refractivity contribution is 9.10. The van der Waals surface area contributed by atoms with Gasteiger partial charge in [-0.05, 0) is 29.8 Å². The highest BCUT2D eigenvalue weighted by Gasteiger charge is 2.09. The van der Waals surface area contributed by atoms with Gasteiger partial charge in [0.2, 0.25) is 0 Å². The molecule has 0 radical (unpaired) electrons. The Bertz CT molecular complexity index is 542. The summed E-state index contributed by atoms with van der Waals surface area (Å²) in [6.07, 6.45) is 0. The molecule has 0 fully saturated rings. The number of alkyl halides is 1. The van der Waals surface area contributed by atoms with E-state index in [0.29, 0.717) is 5.88 Å². The molecule has 0 spiro atoms. The summed E-state index contributed by atoms with van der Waals surface area (Å²) in [5, 5.41) is 0. The number of hydrogen-bond acceptors (Lipinski definition) is 2. The summed E-state index contributed by atoms with van der Waals surface area (Å²) in [6.45, 7) is 0.831. The van der Waals surface area contributed by atoms with E-state index in [1.54, 1.807) is 11.3 Å². The quantitative estimate of drug-likeness (QED) is 0.644. The van der Waals surface area contributed by atoms with Gasteiger partial charge in [-0.15, -0.1) is 22.9 Å². The van der Waals surface area contributed by atoms with Crippen LogP contribution in [0.4, 0.5) is 5.69 Å². The predicted molar refractivity (Wildman–Crippen MR) is 85.1 cm³/mol. The Hall–Kier alpha value is -0.220. The van der Waals surface area contributed by atoms with Crippen molar-refractivity contribution >= 4 is 56.2 Å². The molecule has 5 heteroatoms. The molecule has 0 saturated heterocycles. The largest absolute Gasteiger partial charge is 0.369 e. The average molecular weight is 365 g/mol. The van der Waals surface area contributed by atoms with Crippen molar-refractivity contribution in [1.82, 2.24) is 0 Å². The molecule has 1 heterocycles. The van der Waals surface area contributed by atoms with Gasteiger partial charge in [-0.25, -0.2) is 0 Å². The van der Waals surface area contributed by atoms with Crippen LogP contribution in [0.3, 0.4) is 0 Å². The second-order valence-electron chi connectivity index (χ2n) is 3.97. The first kappa shape index (κ1) is 14.2. The highest BCUT2D eigenvalue weighted by Crippen LogP contribution is 2.29. The second kappa shape index (κ2) is 6.29. The van der Waals surface area contributed by atoms with Gasteiger partial charge in [0.1, 0.15) is 0 Å². The van der Waals surface area contributed by atoms with Crippen LogP contribution >= 0.6 is 50.5 Å². The maximum atomic E-state index is 5.98. The summed E-state index contributed by atoms with van der Waals surface area (Å²) in [6, 6.07) is 10.1. The number of hydrogen-bond donors (Lipinski definition) is 0. The van der Waals surface area contributed by atoms with E-state index in [2.05, 4.69) is 40.0 Å². The van der Waals surface area contributed by atoms with E-state index in [1.165, 1.54) is 4.88 Å². The van der Waals surface area contributed by atoms with Crippen LogP contribution in [0.15, 0.2) is 34.8 Å². The van der Waals surface area contributed by atoms with Gasteiger partial charge >= 0.3 is 0 Å². The van der Waals surface area contributed by atoms with Crippen molar-refractivity contribution in [1.29, 1.82) is 0 Å². The van der Waals surface area contributed by atoms with Crippen molar-refractivity contribution in [2.45, 2.75) is 12.4 Å². The minimum absolute atomic E-state index is 0.512. The molecule has 0 saturated carbocycles. The lowest BCUT2D eigenvalue weighted by molar-refractivity contribution is 0.931. The number of nitrogens with zero attached hydrogens (tertiary/aromatic N) is 1. The molecular weight excluding hydrogens is 353 g/mol. The SMILES string of the molecule is CN(Cc1ccc(Cl)s1)c1cc(Br)ccc1CCl. The van der Waals surface area contributed by atoms with E-state index >= 15 is 0 Å². The zero-order valence-electron chi connectivity index (χ0n) is 9.79. The standard InChI is InChI=1S/C13H12BrCl2NS/c1-17(8-11-4-5-13(16)18-11)12-6-10(14)3-2-9(12)7-15/h2-6H,7-8H2,1H3. The van der Waals surface area contributed by atoms with Gasteiger partial charge in [0.15, 0.2) is 0 Å². The zero-order chi connectivity index (χ0) is 13.1. The van der Waals surface area contributed by atoms with Crippen LogP contribution in [0.5, 0.6) is 0 Å². The smallest absolute Gasteiger partial charge is 0.0931 e. The van der Waals surface area contributed by atoms with Crippen LogP contribution in [-0.2, 0) is 12.4 Å². The second-order valence-corrected chi connectivity index (χ2v) is 6.95. The molecule has 0 aliphatic carbocycles. The van der Waals surface area contributed by atoms with Gasteiger partial charge in [-0.3, -0.25) is 0 Å². The normalized spacial score (nSPS) is 10.7. The van der Waals surface area contributed by atoms with Crippen molar-refractivity contribution in [3.05, 3.63) is 49.6 Å². The molecule has 0 amide bonds. The molecule has 18 heavy (non-hydrogen) atoms. The highest BCUT2D eigenvalue weighted by atomic mass is 79.9. The first-order valence-electron chi connectivity index (χ1n) is 5.40. The Labute approximate surface area is 129 Å². The van der Waals surface area contributed by atoms with Crippen molar-refractivity contribution < 1.29 is 0 Å². The molecule has 0 atom stereocenters. The van der Waals surface area contributed by atoms with E-state index in [4.69, 9.17) is 23.2 Å². The Morgan fingerprint density at radius 3 is 2.67 bits per heavy atom. The summed E-state index contributed by atoms with van der Waals surface area (Å²) in [7, 11) is 2.06.